The number of carbonyl (C=O) groups is 1. The first-order chi connectivity index (χ1) is 8.68. The van der Waals surface area contributed by atoms with Crippen molar-refractivity contribution in [3.63, 3.8) is 0 Å². The van der Waals surface area contributed by atoms with E-state index < -0.39 is 0 Å². The maximum absolute atomic E-state index is 11.1. The standard InChI is InChI=1S/C16H28O2/c1-4-5-6-7-8-9-10-11-12-13-14-18-16(17)15(2)3/h6-7H,2,4-5,8-14H2,1,3H3/b7-6+. The van der Waals surface area contributed by atoms with Crippen molar-refractivity contribution in [2.45, 2.75) is 65.2 Å². The van der Waals surface area contributed by atoms with Gasteiger partial charge in [-0.05, 0) is 32.6 Å². The van der Waals surface area contributed by atoms with Gasteiger partial charge in [0, 0.05) is 5.57 Å². The SMILES string of the molecule is C=C(C)C(=O)OCCCCCCC/C=C/CCC. The van der Waals surface area contributed by atoms with Crippen LogP contribution in [0.15, 0.2) is 24.3 Å². The lowest BCUT2D eigenvalue weighted by molar-refractivity contribution is -0.139. The Hall–Kier alpha value is -1.05. The third-order valence-corrected chi connectivity index (χ3v) is 2.72. The molecule has 0 unspecified atom stereocenters. The normalized spacial score (nSPS) is 10.8. The highest BCUT2D eigenvalue weighted by atomic mass is 16.5. The summed E-state index contributed by atoms with van der Waals surface area (Å²) in [5.41, 5.74) is 0.480. The molecule has 0 amide bonds. The molecule has 0 aromatic rings. The zero-order valence-corrected chi connectivity index (χ0v) is 12.0. The lowest BCUT2D eigenvalue weighted by Gasteiger charge is -2.03. The van der Waals surface area contributed by atoms with E-state index in [-0.39, 0.29) is 5.97 Å². The number of allylic oxidation sites excluding steroid dienone is 2. The Labute approximate surface area is 112 Å². The minimum Gasteiger partial charge on any atom is -0.462 e. The molecule has 0 aliphatic heterocycles. The van der Waals surface area contributed by atoms with E-state index >= 15 is 0 Å². The van der Waals surface area contributed by atoms with E-state index in [4.69, 9.17) is 4.74 Å². The molecule has 0 bridgehead atoms. The van der Waals surface area contributed by atoms with Gasteiger partial charge in [0.1, 0.15) is 0 Å². The molecule has 0 aliphatic rings. The van der Waals surface area contributed by atoms with Gasteiger partial charge in [0.2, 0.25) is 0 Å². The van der Waals surface area contributed by atoms with Gasteiger partial charge >= 0.3 is 5.97 Å². The Kier molecular flexibility index (Phi) is 11.7. The number of esters is 1. The second-order valence-corrected chi connectivity index (χ2v) is 4.73. The summed E-state index contributed by atoms with van der Waals surface area (Å²) in [5, 5.41) is 0. The summed E-state index contributed by atoms with van der Waals surface area (Å²) in [5.74, 6) is -0.268. The molecule has 2 heteroatoms. The predicted molar refractivity (Wildman–Crippen MR) is 77.5 cm³/mol. The van der Waals surface area contributed by atoms with E-state index in [2.05, 4.69) is 25.7 Å². The molecular formula is C16H28O2. The Morgan fingerprint density at radius 1 is 1.06 bits per heavy atom. The third-order valence-electron chi connectivity index (χ3n) is 2.72. The van der Waals surface area contributed by atoms with Crippen LogP contribution >= 0.6 is 0 Å². The number of unbranched alkanes of at least 4 members (excludes halogenated alkanes) is 6. The van der Waals surface area contributed by atoms with Crippen LogP contribution in [0, 0.1) is 0 Å². The molecule has 0 radical (unpaired) electrons. The van der Waals surface area contributed by atoms with Crippen LogP contribution in [0.5, 0.6) is 0 Å². The smallest absolute Gasteiger partial charge is 0.333 e. The maximum atomic E-state index is 11.1. The maximum Gasteiger partial charge on any atom is 0.333 e. The second kappa shape index (κ2) is 12.4. The minimum atomic E-state index is -0.268. The van der Waals surface area contributed by atoms with Crippen molar-refractivity contribution in [1.82, 2.24) is 0 Å². The molecule has 0 saturated carbocycles. The van der Waals surface area contributed by atoms with Gasteiger partial charge in [-0.15, -0.1) is 0 Å². The summed E-state index contributed by atoms with van der Waals surface area (Å²) in [4.78, 5) is 11.1. The fourth-order valence-electron chi connectivity index (χ4n) is 1.59. The van der Waals surface area contributed by atoms with Crippen LogP contribution in [0.2, 0.25) is 0 Å². The Morgan fingerprint density at radius 3 is 2.33 bits per heavy atom. The molecule has 0 N–H and O–H groups in total. The monoisotopic (exact) mass is 252 g/mol. The largest absolute Gasteiger partial charge is 0.462 e. The van der Waals surface area contributed by atoms with Gasteiger partial charge in [0.05, 0.1) is 6.61 Å². The fraction of sp³-hybridized carbons (Fsp3) is 0.688. The van der Waals surface area contributed by atoms with Crippen molar-refractivity contribution in [2.75, 3.05) is 6.61 Å². The first-order valence-corrected chi connectivity index (χ1v) is 7.16. The highest BCUT2D eigenvalue weighted by molar-refractivity contribution is 5.86. The molecule has 0 atom stereocenters. The Balaban J connectivity index is 3.17. The van der Waals surface area contributed by atoms with Gasteiger partial charge in [0.15, 0.2) is 0 Å². The van der Waals surface area contributed by atoms with E-state index in [0.717, 1.165) is 12.8 Å². The van der Waals surface area contributed by atoms with Gasteiger partial charge < -0.3 is 4.74 Å². The number of carbonyl (C=O) groups excluding carboxylic acids is 1. The van der Waals surface area contributed by atoms with Crippen LogP contribution < -0.4 is 0 Å². The van der Waals surface area contributed by atoms with Crippen LogP contribution in [-0.4, -0.2) is 12.6 Å². The average molecular weight is 252 g/mol. The molecule has 2 nitrogen and oxygen atoms in total. The highest BCUT2D eigenvalue weighted by Crippen LogP contribution is 2.07. The molecule has 0 aromatic carbocycles. The van der Waals surface area contributed by atoms with Crippen molar-refractivity contribution >= 4 is 5.97 Å². The number of hydrogen-bond donors (Lipinski definition) is 0. The van der Waals surface area contributed by atoms with Crippen molar-refractivity contribution in [1.29, 1.82) is 0 Å². The molecule has 0 saturated heterocycles. The molecule has 0 rings (SSSR count). The quantitative estimate of drug-likeness (QED) is 0.228. The lowest BCUT2D eigenvalue weighted by Crippen LogP contribution is -2.05. The van der Waals surface area contributed by atoms with Crippen molar-refractivity contribution in [3.8, 4) is 0 Å². The molecule has 0 aliphatic carbocycles. The van der Waals surface area contributed by atoms with Crippen LogP contribution in [-0.2, 0) is 9.53 Å². The number of rotatable bonds is 11. The van der Waals surface area contributed by atoms with Gasteiger partial charge in [-0.2, -0.15) is 0 Å². The molecule has 104 valence electrons. The first-order valence-electron chi connectivity index (χ1n) is 7.16. The van der Waals surface area contributed by atoms with E-state index in [1.165, 1.54) is 38.5 Å². The van der Waals surface area contributed by atoms with Crippen molar-refractivity contribution in [2.24, 2.45) is 0 Å². The van der Waals surface area contributed by atoms with Crippen molar-refractivity contribution in [3.05, 3.63) is 24.3 Å². The summed E-state index contributed by atoms with van der Waals surface area (Å²) in [6, 6.07) is 0. The molecular weight excluding hydrogens is 224 g/mol. The summed E-state index contributed by atoms with van der Waals surface area (Å²) >= 11 is 0. The van der Waals surface area contributed by atoms with Gasteiger partial charge in [-0.25, -0.2) is 4.79 Å². The Bertz CT molecular complexity index is 254. The zero-order chi connectivity index (χ0) is 13.6. The van der Waals surface area contributed by atoms with Crippen LogP contribution in [0.3, 0.4) is 0 Å². The van der Waals surface area contributed by atoms with Gasteiger partial charge in [-0.1, -0.05) is 51.3 Å². The minimum absolute atomic E-state index is 0.268. The molecule has 0 fully saturated rings. The van der Waals surface area contributed by atoms with Crippen molar-refractivity contribution < 1.29 is 9.53 Å². The summed E-state index contributed by atoms with van der Waals surface area (Å²) in [7, 11) is 0. The third kappa shape index (κ3) is 11.4. The zero-order valence-electron chi connectivity index (χ0n) is 12.0. The predicted octanol–water partition coefficient (Wildman–Crippen LogP) is 4.80. The average Bonchev–Trinajstić information content (AvgIpc) is 2.35. The van der Waals surface area contributed by atoms with E-state index in [1.807, 2.05) is 0 Å². The first kappa shape index (κ1) is 16.9. The summed E-state index contributed by atoms with van der Waals surface area (Å²) in [6.07, 6.45) is 14.1. The number of hydrogen-bond acceptors (Lipinski definition) is 2. The van der Waals surface area contributed by atoms with Crippen LogP contribution in [0.1, 0.15) is 65.2 Å². The highest BCUT2D eigenvalue weighted by Gasteiger charge is 2.01. The lowest BCUT2D eigenvalue weighted by atomic mass is 10.1. The van der Waals surface area contributed by atoms with E-state index in [9.17, 15) is 4.79 Å². The fourth-order valence-corrected chi connectivity index (χ4v) is 1.59. The second-order valence-electron chi connectivity index (χ2n) is 4.73. The van der Waals surface area contributed by atoms with E-state index in [0.29, 0.717) is 12.2 Å². The topological polar surface area (TPSA) is 26.3 Å². The van der Waals surface area contributed by atoms with E-state index in [1.54, 1.807) is 6.92 Å². The summed E-state index contributed by atoms with van der Waals surface area (Å²) in [6.45, 7) is 7.95. The molecule has 0 spiro atoms. The van der Waals surface area contributed by atoms with Gasteiger partial charge in [0.25, 0.3) is 0 Å². The Morgan fingerprint density at radius 2 is 1.67 bits per heavy atom. The number of ether oxygens (including phenoxy) is 1. The van der Waals surface area contributed by atoms with Crippen LogP contribution in [0.4, 0.5) is 0 Å². The molecule has 0 aromatic heterocycles. The molecule has 0 heterocycles. The molecule has 18 heavy (non-hydrogen) atoms. The van der Waals surface area contributed by atoms with Crippen LogP contribution in [0.25, 0.3) is 0 Å². The summed E-state index contributed by atoms with van der Waals surface area (Å²) < 4.78 is 5.03. The van der Waals surface area contributed by atoms with Gasteiger partial charge in [-0.3, -0.25) is 0 Å².